The van der Waals surface area contributed by atoms with Crippen molar-refractivity contribution in [3.8, 4) is 0 Å². The van der Waals surface area contributed by atoms with E-state index in [1.165, 1.54) is 5.56 Å². The summed E-state index contributed by atoms with van der Waals surface area (Å²) < 4.78 is 0. The van der Waals surface area contributed by atoms with E-state index >= 15 is 0 Å². The van der Waals surface area contributed by atoms with Crippen LogP contribution in [0.2, 0.25) is 0 Å². The van der Waals surface area contributed by atoms with Crippen LogP contribution in [0.15, 0.2) is 53.7 Å². The van der Waals surface area contributed by atoms with Gasteiger partial charge >= 0.3 is 0 Å². The molecule has 0 heterocycles. The van der Waals surface area contributed by atoms with Crippen LogP contribution < -0.4 is 5.32 Å². The van der Waals surface area contributed by atoms with Gasteiger partial charge < -0.3 is 10.2 Å². The van der Waals surface area contributed by atoms with E-state index in [1.54, 1.807) is 6.21 Å². The fourth-order valence-electron chi connectivity index (χ4n) is 1.94. The summed E-state index contributed by atoms with van der Waals surface area (Å²) in [6.45, 7) is 3.97. The lowest BCUT2D eigenvalue weighted by Crippen LogP contribution is -2.16. The summed E-state index contributed by atoms with van der Waals surface area (Å²) in [4.78, 5) is 16.8. The van der Waals surface area contributed by atoms with Crippen molar-refractivity contribution in [2.24, 2.45) is 5.16 Å². The number of rotatable bonds is 6. The maximum absolute atomic E-state index is 11.7. The van der Waals surface area contributed by atoms with Gasteiger partial charge in [-0.05, 0) is 42.2 Å². The maximum Gasteiger partial charge on any atom is 0.265 e. The molecule has 114 valence electrons. The second kappa shape index (κ2) is 7.98. The van der Waals surface area contributed by atoms with E-state index in [1.807, 2.05) is 55.5 Å². The molecule has 0 atom stereocenters. The van der Waals surface area contributed by atoms with Crippen LogP contribution in [0, 0.1) is 6.92 Å². The highest BCUT2D eigenvalue weighted by Gasteiger charge is 2.02. The highest BCUT2D eigenvalue weighted by atomic mass is 16.6. The monoisotopic (exact) mass is 296 g/mol. The highest BCUT2D eigenvalue weighted by Crippen LogP contribution is 2.09. The van der Waals surface area contributed by atoms with Gasteiger partial charge in [-0.1, -0.05) is 48.5 Å². The molecule has 0 bridgehead atoms. The summed E-state index contributed by atoms with van der Waals surface area (Å²) in [5, 5.41) is 6.59. The van der Waals surface area contributed by atoms with Gasteiger partial charge in [-0.25, -0.2) is 0 Å². The highest BCUT2D eigenvalue weighted by molar-refractivity contribution is 5.91. The Labute approximate surface area is 130 Å². The molecule has 2 aromatic carbocycles. The number of hydrogen-bond donors (Lipinski definition) is 1. The van der Waals surface area contributed by atoms with Gasteiger partial charge in [0.15, 0.2) is 6.61 Å². The van der Waals surface area contributed by atoms with Crippen LogP contribution in [-0.2, 0) is 16.1 Å². The van der Waals surface area contributed by atoms with E-state index in [0.717, 1.165) is 23.2 Å². The third-order valence-electron chi connectivity index (χ3n) is 3.30. The van der Waals surface area contributed by atoms with Crippen LogP contribution in [0.3, 0.4) is 0 Å². The Bertz CT molecular complexity index is 648. The number of oxime groups is 1. The average molecular weight is 296 g/mol. The zero-order valence-corrected chi connectivity index (χ0v) is 12.9. The van der Waals surface area contributed by atoms with Crippen molar-refractivity contribution in [3.63, 3.8) is 0 Å². The topological polar surface area (TPSA) is 50.7 Å². The van der Waals surface area contributed by atoms with Crippen LogP contribution in [0.1, 0.15) is 23.6 Å². The molecule has 4 nitrogen and oxygen atoms in total. The van der Waals surface area contributed by atoms with Crippen molar-refractivity contribution in [1.82, 2.24) is 0 Å². The SMILES string of the molecule is CCc1ccc(NC(=O)CO/N=C\c2ccccc2C)cc1. The van der Waals surface area contributed by atoms with Gasteiger partial charge in [0.2, 0.25) is 0 Å². The lowest BCUT2D eigenvalue weighted by atomic mass is 10.1. The minimum atomic E-state index is -0.230. The van der Waals surface area contributed by atoms with E-state index in [4.69, 9.17) is 4.84 Å². The minimum Gasteiger partial charge on any atom is -0.386 e. The lowest BCUT2D eigenvalue weighted by molar-refractivity contribution is -0.120. The molecule has 1 N–H and O–H groups in total. The van der Waals surface area contributed by atoms with Gasteiger partial charge in [0, 0.05) is 5.69 Å². The molecule has 0 aromatic heterocycles. The molecule has 0 aliphatic carbocycles. The quantitative estimate of drug-likeness (QED) is 0.654. The van der Waals surface area contributed by atoms with Crippen molar-refractivity contribution >= 4 is 17.8 Å². The first-order valence-electron chi connectivity index (χ1n) is 7.29. The first-order chi connectivity index (χ1) is 10.7. The molecular weight excluding hydrogens is 276 g/mol. The molecule has 2 aromatic rings. The number of hydrogen-bond acceptors (Lipinski definition) is 3. The lowest BCUT2D eigenvalue weighted by Gasteiger charge is -2.05. The summed E-state index contributed by atoms with van der Waals surface area (Å²) in [6, 6.07) is 15.6. The molecule has 0 fully saturated rings. The van der Waals surface area contributed by atoms with Crippen LogP contribution in [0.25, 0.3) is 0 Å². The fourth-order valence-corrected chi connectivity index (χ4v) is 1.94. The Morgan fingerprint density at radius 2 is 1.91 bits per heavy atom. The number of carbonyl (C=O) groups excluding carboxylic acids is 1. The van der Waals surface area contributed by atoms with Gasteiger partial charge in [-0.2, -0.15) is 0 Å². The molecule has 22 heavy (non-hydrogen) atoms. The van der Waals surface area contributed by atoms with E-state index in [-0.39, 0.29) is 12.5 Å². The molecule has 2 rings (SSSR count). The summed E-state index contributed by atoms with van der Waals surface area (Å²) >= 11 is 0. The molecule has 0 spiro atoms. The Hall–Kier alpha value is -2.62. The van der Waals surface area contributed by atoms with Crippen LogP contribution in [-0.4, -0.2) is 18.7 Å². The molecule has 0 radical (unpaired) electrons. The molecule has 0 aliphatic rings. The molecule has 0 unspecified atom stereocenters. The summed E-state index contributed by atoms with van der Waals surface area (Å²) in [5.74, 6) is -0.230. The third-order valence-corrected chi connectivity index (χ3v) is 3.30. The van der Waals surface area contributed by atoms with Crippen LogP contribution in [0.4, 0.5) is 5.69 Å². The van der Waals surface area contributed by atoms with E-state index in [2.05, 4.69) is 17.4 Å². The zero-order chi connectivity index (χ0) is 15.8. The van der Waals surface area contributed by atoms with Crippen molar-refractivity contribution < 1.29 is 9.63 Å². The Balaban J connectivity index is 1.79. The van der Waals surface area contributed by atoms with Gasteiger partial charge in [-0.15, -0.1) is 0 Å². The maximum atomic E-state index is 11.7. The predicted octanol–water partition coefficient (Wildman–Crippen LogP) is 3.55. The molecule has 1 amide bonds. The number of anilines is 1. The summed E-state index contributed by atoms with van der Waals surface area (Å²) in [7, 11) is 0. The first-order valence-corrected chi connectivity index (χ1v) is 7.29. The Morgan fingerprint density at radius 1 is 1.18 bits per heavy atom. The van der Waals surface area contributed by atoms with Gasteiger partial charge in [0.1, 0.15) is 0 Å². The third kappa shape index (κ3) is 4.74. The van der Waals surface area contributed by atoms with Gasteiger partial charge in [-0.3, -0.25) is 4.79 Å². The van der Waals surface area contributed by atoms with Gasteiger partial charge in [0.05, 0.1) is 6.21 Å². The van der Waals surface area contributed by atoms with Gasteiger partial charge in [0.25, 0.3) is 5.91 Å². The first kappa shape index (κ1) is 15.8. The zero-order valence-electron chi connectivity index (χ0n) is 12.9. The largest absolute Gasteiger partial charge is 0.386 e. The number of aryl methyl sites for hydroxylation is 2. The molecular formula is C18H20N2O2. The van der Waals surface area contributed by atoms with E-state index in [9.17, 15) is 4.79 Å². The molecule has 0 saturated heterocycles. The number of nitrogens with one attached hydrogen (secondary N) is 1. The summed E-state index contributed by atoms with van der Waals surface area (Å²) in [5.41, 5.74) is 4.07. The van der Waals surface area contributed by atoms with Crippen molar-refractivity contribution in [2.45, 2.75) is 20.3 Å². The smallest absolute Gasteiger partial charge is 0.265 e. The number of amides is 1. The van der Waals surface area contributed by atoms with E-state index in [0.29, 0.717) is 0 Å². The number of benzene rings is 2. The Morgan fingerprint density at radius 3 is 2.59 bits per heavy atom. The predicted molar refractivity (Wildman–Crippen MR) is 89.2 cm³/mol. The minimum absolute atomic E-state index is 0.113. The summed E-state index contributed by atoms with van der Waals surface area (Å²) in [6.07, 6.45) is 2.59. The number of nitrogens with zero attached hydrogens (tertiary/aromatic N) is 1. The average Bonchev–Trinajstić information content (AvgIpc) is 2.54. The standard InChI is InChI=1S/C18H20N2O2/c1-3-15-8-10-17(11-9-15)20-18(21)13-22-19-12-16-7-5-4-6-14(16)2/h4-12H,3,13H2,1-2H3,(H,20,21)/b19-12-. The second-order valence-corrected chi connectivity index (χ2v) is 4.96. The molecule has 0 aliphatic heterocycles. The molecule has 0 saturated carbocycles. The van der Waals surface area contributed by atoms with Crippen molar-refractivity contribution in [3.05, 3.63) is 65.2 Å². The van der Waals surface area contributed by atoms with Crippen LogP contribution in [0.5, 0.6) is 0 Å². The van der Waals surface area contributed by atoms with E-state index < -0.39 is 0 Å². The van der Waals surface area contributed by atoms with Crippen molar-refractivity contribution in [2.75, 3.05) is 11.9 Å². The Kier molecular flexibility index (Phi) is 5.72. The molecule has 4 heteroatoms. The fraction of sp³-hybridized carbons (Fsp3) is 0.222. The normalized spacial score (nSPS) is 10.6. The van der Waals surface area contributed by atoms with Crippen molar-refractivity contribution in [1.29, 1.82) is 0 Å². The number of carbonyl (C=O) groups is 1. The van der Waals surface area contributed by atoms with Crippen LogP contribution >= 0.6 is 0 Å². The second-order valence-electron chi connectivity index (χ2n) is 4.96.